The first-order valence-electron chi connectivity index (χ1n) is 6.05. The molecule has 3 nitrogen and oxygen atoms in total. The lowest BCUT2D eigenvalue weighted by atomic mass is 10.2. The zero-order valence-corrected chi connectivity index (χ0v) is 12.6. The van der Waals surface area contributed by atoms with Crippen molar-refractivity contribution >= 4 is 28.5 Å². The molecule has 0 saturated carbocycles. The molecule has 1 heterocycles. The minimum atomic E-state index is 0.333. The van der Waals surface area contributed by atoms with Crippen molar-refractivity contribution in [3.63, 3.8) is 0 Å². The van der Waals surface area contributed by atoms with Crippen LogP contribution in [0.25, 0.3) is 10.6 Å². The monoisotopic (exact) mass is 292 g/mol. The lowest BCUT2D eigenvalue weighted by Crippen LogP contribution is -2.09. The molecule has 2 aromatic rings. The van der Waals surface area contributed by atoms with Gasteiger partial charge in [0.05, 0.1) is 6.61 Å². The van der Waals surface area contributed by atoms with E-state index in [1.165, 1.54) is 11.3 Å². The average molecular weight is 292 g/mol. The molecule has 2 N–H and O–H groups in total. The molecule has 1 aromatic carbocycles. The number of aromatic nitrogens is 1. The van der Waals surface area contributed by atoms with E-state index in [0.29, 0.717) is 16.6 Å². The Morgan fingerprint density at radius 3 is 2.58 bits per heavy atom. The summed E-state index contributed by atoms with van der Waals surface area (Å²) in [5.74, 6) is 1.40. The largest absolute Gasteiger partial charge is 0.493 e. The van der Waals surface area contributed by atoms with Gasteiger partial charge in [-0.2, -0.15) is 0 Å². The van der Waals surface area contributed by atoms with Crippen LogP contribution in [0.1, 0.15) is 19.5 Å². The molecule has 0 fully saturated rings. The van der Waals surface area contributed by atoms with Gasteiger partial charge < -0.3 is 10.5 Å². The molecule has 0 aliphatic heterocycles. The van der Waals surface area contributed by atoms with Crippen molar-refractivity contribution in [3.8, 4) is 16.3 Å². The molecule has 0 aliphatic rings. The van der Waals surface area contributed by atoms with E-state index in [4.69, 9.17) is 22.7 Å². The molecule has 0 aliphatic carbocycles. The van der Waals surface area contributed by atoms with Crippen LogP contribution < -0.4 is 10.5 Å². The van der Waals surface area contributed by atoms with Crippen molar-refractivity contribution in [2.75, 3.05) is 6.61 Å². The summed E-state index contributed by atoms with van der Waals surface area (Å²) in [5.41, 5.74) is 7.27. The van der Waals surface area contributed by atoms with Gasteiger partial charge in [-0.15, -0.1) is 11.3 Å². The van der Waals surface area contributed by atoms with Crippen LogP contribution in [0.15, 0.2) is 29.6 Å². The van der Waals surface area contributed by atoms with E-state index in [1.807, 2.05) is 29.6 Å². The first kappa shape index (κ1) is 14.0. The third kappa shape index (κ3) is 3.75. The summed E-state index contributed by atoms with van der Waals surface area (Å²) in [5, 5.41) is 2.79. The topological polar surface area (TPSA) is 48.1 Å². The molecule has 0 unspecified atom stereocenters. The zero-order chi connectivity index (χ0) is 13.8. The Morgan fingerprint density at radius 2 is 2.05 bits per heavy atom. The Labute approximate surface area is 122 Å². The van der Waals surface area contributed by atoms with Gasteiger partial charge in [-0.1, -0.05) is 26.1 Å². The van der Waals surface area contributed by atoms with E-state index >= 15 is 0 Å². The van der Waals surface area contributed by atoms with Crippen molar-refractivity contribution in [3.05, 3.63) is 35.3 Å². The maximum atomic E-state index is 5.64. The highest BCUT2D eigenvalue weighted by Gasteiger charge is 2.06. The minimum absolute atomic E-state index is 0.333. The van der Waals surface area contributed by atoms with Crippen LogP contribution in [0.3, 0.4) is 0 Å². The number of nitrogens with two attached hydrogens (primary N) is 1. The van der Waals surface area contributed by atoms with Crippen molar-refractivity contribution in [1.29, 1.82) is 0 Å². The highest BCUT2D eigenvalue weighted by Crippen LogP contribution is 2.25. The molecule has 0 atom stereocenters. The normalized spacial score (nSPS) is 10.7. The molecule has 0 amide bonds. The summed E-state index contributed by atoms with van der Waals surface area (Å²) in [6.45, 7) is 4.98. The third-order valence-electron chi connectivity index (χ3n) is 2.44. The minimum Gasteiger partial charge on any atom is -0.493 e. The molecular weight excluding hydrogens is 276 g/mol. The average Bonchev–Trinajstić information content (AvgIpc) is 2.86. The van der Waals surface area contributed by atoms with Gasteiger partial charge in [0, 0.05) is 10.9 Å². The first-order valence-corrected chi connectivity index (χ1v) is 7.33. The molecule has 100 valence electrons. The Balaban J connectivity index is 2.10. The van der Waals surface area contributed by atoms with Crippen molar-refractivity contribution < 1.29 is 4.74 Å². The second-order valence-corrected chi connectivity index (χ2v) is 5.93. The van der Waals surface area contributed by atoms with Crippen molar-refractivity contribution in [2.45, 2.75) is 13.8 Å². The summed E-state index contributed by atoms with van der Waals surface area (Å²) in [6, 6.07) is 7.91. The van der Waals surface area contributed by atoms with Gasteiger partial charge in [-0.25, -0.2) is 4.98 Å². The smallest absolute Gasteiger partial charge is 0.124 e. The molecule has 0 saturated heterocycles. The lowest BCUT2D eigenvalue weighted by molar-refractivity contribution is 0.271. The summed E-state index contributed by atoms with van der Waals surface area (Å²) in [4.78, 5) is 4.73. The Morgan fingerprint density at radius 1 is 1.37 bits per heavy atom. The van der Waals surface area contributed by atoms with Gasteiger partial charge in [-0.05, 0) is 30.2 Å². The van der Waals surface area contributed by atoms with Crippen LogP contribution >= 0.6 is 23.6 Å². The number of ether oxygens (including phenoxy) is 1. The molecular formula is C14H16N2OS2. The fourth-order valence-electron chi connectivity index (χ4n) is 1.48. The van der Waals surface area contributed by atoms with Crippen molar-refractivity contribution in [2.24, 2.45) is 11.7 Å². The van der Waals surface area contributed by atoms with Crippen LogP contribution in [-0.2, 0) is 0 Å². The molecule has 2 rings (SSSR count). The highest BCUT2D eigenvalue weighted by molar-refractivity contribution is 7.80. The summed E-state index contributed by atoms with van der Waals surface area (Å²) >= 11 is 6.44. The second kappa shape index (κ2) is 6.12. The van der Waals surface area contributed by atoms with Crippen LogP contribution in [0.2, 0.25) is 0 Å². The van der Waals surface area contributed by atoms with E-state index in [0.717, 1.165) is 22.9 Å². The van der Waals surface area contributed by atoms with Gasteiger partial charge in [0.25, 0.3) is 0 Å². The van der Waals surface area contributed by atoms with E-state index in [-0.39, 0.29) is 0 Å². The number of benzene rings is 1. The van der Waals surface area contributed by atoms with Crippen molar-refractivity contribution in [1.82, 2.24) is 4.98 Å². The fraction of sp³-hybridized carbons (Fsp3) is 0.286. The Bertz CT molecular complexity index is 561. The number of hydrogen-bond donors (Lipinski definition) is 1. The lowest BCUT2D eigenvalue weighted by Gasteiger charge is -2.08. The highest BCUT2D eigenvalue weighted by atomic mass is 32.1. The number of hydrogen-bond acceptors (Lipinski definition) is 4. The quantitative estimate of drug-likeness (QED) is 0.857. The Kier molecular flexibility index (Phi) is 4.50. The summed E-state index contributed by atoms with van der Waals surface area (Å²) in [6.07, 6.45) is 0. The van der Waals surface area contributed by atoms with E-state index in [9.17, 15) is 0 Å². The van der Waals surface area contributed by atoms with E-state index in [1.54, 1.807) is 0 Å². The van der Waals surface area contributed by atoms with Gasteiger partial charge in [0.15, 0.2) is 0 Å². The maximum absolute atomic E-state index is 5.64. The van der Waals surface area contributed by atoms with Crippen LogP contribution in [0.4, 0.5) is 0 Å². The maximum Gasteiger partial charge on any atom is 0.124 e. The molecule has 0 bridgehead atoms. The Hall–Kier alpha value is -1.46. The standard InChI is InChI=1S/C14H16N2OS2/c1-9(2)7-17-11-5-3-10(4-6-11)14-16-12(8-19-14)13(15)18/h3-6,8-9H,7H2,1-2H3,(H2,15,18). The first-order chi connectivity index (χ1) is 9.06. The number of thiazole rings is 1. The summed E-state index contributed by atoms with van der Waals surface area (Å²) < 4.78 is 5.64. The van der Waals surface area contributed by atoms with E-state index < -0.39 is 0 Å². The van der Waals surface area contributed by atoms with Crippen LogP contribution in [0, 0.1) is 5.92 Å². The van der Waals surface area contributed by atoms with Gasteiger partial charge in [-0.3, -0.25) is 0 Å². The number of thiocarbonyl (C=S) groups is 1. The van der Waals surface area contributed by atoms with Gasteiger partial charge >= 0.3 is 0 Å². The van der Waals surface area contributed by atoms with Gasteiger partial charge in [0.1, 0.15) is 21.4 Å². The SMILES string of the molecule is CC(C)COc1ccc(-c2nc(C(N)=S)cs2)cc1. The van der Waals surface area contributed by atoms with Crippen LogP contribution in [0.5, 0.6) is 5.75 Å². The molecule has 0 spiro atoms. The second-order valence-electron chi connectivity index (χ2n) is 4.63. The predicted octanol–water partition coefficient (Wildman–Crippen LogP) is 3.48. The zero-order valence-electron chi connectivity index (χ0n) is 10.9. The number of nitrogens with zero attached hydrogens (tertiary/aromatic N) is 1. The molecule has 1 aromatic heterocycles. The van der Waals surface area contributed by atoms with E-state index in [2.05, 4.69) is 18.8 Å². The third-order valence-corrected chi connectivity index (χ3v) is 3.54. The summed E-state index contributed by atoms with van der Waals surface area (Å²) in [7, 11) is 0. The number of rotatable bonds is 5. The molecule has 19 heavy (non-hydrogen) atoms. The fourth-order valence-corrected chi connectivity index (χ4v) is 2.48. The van der Waals surface area contributed by atoms with Crippen LogP contribution in [-0.4, -0.2) is 16.6 Å². The molecule has 5 heteroatoms. The van der Waals surface area contributed by atoms with Gasteiger partial charge in [0.2, 0.25) is 0 Å². The predicted molar refractivity (Wildman–Crippen MR) is 83.8 cm³/mol. The molecule has 0 radical (unpaired) electrons.